The summed E-state index contributed by atoms with van der Waals surface area (Å²) < 4.78 is 4.93. The summed E-state index contributed by atoms with van der Waals surface area (Å²) >= 11 is 5.44. The molecule has 1 aliphatic heterocycles. The summed E-state index contributed by atoms with van der Waals surface area (Å²) in [5, 5.41) is 8.75. The van der Waals surface area contributed by atoms with Crippen molar-refractivity contribution in [2.75, 3.05) is 5.88 Å². The van der Waals surface area contributed by atoms with Crippen LogP contribution in [0.15, 0.2) is 0 Å². The highest BCUT2D eigenvalue weighted by Crippen LogP contribution is 2.17. The van der Waals surface area contributed by atoms with Gasteiger partial charge in [-0.1, -0.05) is 0 Å². The maximum Gasteiger partial charge on any atom is 0.155 e. The summed E-state index contributed by atoms with van der Waals surface area (Å²) in [4.78, 5) is 0. The van der Waals surface area contributed by atoms with Crippen LogP contribution in [0.1, 0.15) is 12.8 Å². The highest BCUT2D eigenvalue weighted by atomic mass is 35.5. The molecule has 0 spiro atoms. The van der Waals surface area contributed by atoms with E-state index >= 15 is 0 Å². The highest BCUT2D eigenvalue weighted by molar-refractivity contribution is 6.18. The molecule has 48 valence electrons. The lowest BCUT2D eigenvalue weighted by atomic mass is 10.3. The second-order valence-corrected chi connectivity index (χ2v) is 2.25. The van der Waals surface area contributed by atoms with Crippen molar-refractivity contribution >= 4 is 11.6 Å². The van der Waals surface area contributed by atoms with E-state index in [0.717, 1.165) is 12.8 Å². The summed E-state index contributed by atoms with van der Waals surface area (Å²) in [6, 6.07) is 0. The maximum atomic E-state index is 8.75. The zero-order valence-electron chi connectivity index (χ0n) is 4.51. The van der Waals surface area contributed by atoms with Crippen molar-refractivity contribution in [3.63, 3.8) is 0 Å². The van der Waals surface area contributed by atoms with E-state index in [2.05, 4.69) is 0 Å². The number of hydrogen-bond acceptors (Lipinski definition) is 2. The third kappa shape index (κ3) is 1.34. The Labute approximate surface area is 53.4 Å². The van der Waals surface area contributed by atoms with E-state index in [1.54, 1.807) is 0 Å². The minimum absolute atomic E-state index is 0.0895. The van der Waals surface area contributed by atoms with Gasteiger partial charge in [0, 0.05) is 12.3 Å². The largest absolute Gasteiger partial charge is 0.368 e. The second-order valence-electron chi connectivity index (χ2n) is 1.94. The first kappa shape index (κ1) is 6.33. The highest BCUT2D eigenvalue weighted by Gasteiger charge is 2.21. The fraction of sp³-hybridized carbons (Fsp3) is 1.00. The van der Waals surface area contributed by atoms with Crippen molar-refractivity contribution in [1.29, 1.82) is 0 Å². The Bertz CT molecular complexity index is 76.8. The molecule has 1 N–H and O–H groups in total. The molecule has 1 saturated heterocycles. The minimum Gasteiger partial charge on any atom is -0.368 e. The Morgan fingerprint density at radius 2 is 2.38 bits per heavy atom. The molecule has 1 heterocycles. The van der Waals surface area contributed by atoms with Gasteiger partial charge in [0.2, 0.25) is 0 Å². The first-order valence-electron chi connectivity index (χ1n) is 2.72. The molecule has 0 radical (unpaired) electrons. The molecule has 2 atom stereocenters. The van der Waals surface area contributed by atoms with Crippen molar-refractivity contribution < 1.29 is 9.84 Å². The van der Waals surface area contributed by atoms with E-state index in [0.29, 0.717) is 5.88 Å². The topological polar surface area (TPSA) is 29.5 Å². The second kappa shape index (κ2) is 2.67. The van der Waals surface area contributed by atoms with Crippen LogP contribution in [0, 0.1) is 0 Å². The van der Waals surface area contributed by atoms with E-state index in [1.807, 2.05) is 0 Å². The molecular weight excluding hydrogens is 128 g/mol. The van der Waals surface area contributed by atoms with Gasteiger partial charge in [-0.05, 0) is 6.42 Å². The molecule has 1 aliphatic rings. The summed E-state index contributed by atoms with van der Waals surface area (Å²) in [5.41, 5.74) is 0. The van der Waals surface area contributed by atoms with Crippen molar-refractivity contribution in [1.82, 2.24) is 0 Å². The number of aliphatic hydroxyl groups is 1. The average molecular weight is 137 g/mol. The van der Waals surface area contributed by atoms with Crippen LogP contribution in [0.4, 0.5) is 0 Å². The van der Waals surface area contributed by atoms with Gasteiger partial charge in [-0.2, -0.15) is 0 Å². The zero-order valence-corrected chi connectivity index (χ0v) is 5.27. The van der Waals surface area contributed by atoms with Crippen LogP contribution in [0.25, 0.3) is 0 Å². The summed E-state index contributed by atoms with van der Waals surface area (Å²) in [5.74, 6) is 0.497. The standard InChI is InChI=1S/C5H9ClO2/c6-3-4-1-2-5(7)8-4/h4-5,7H,1-3H2/t4?,5-/m1/s1. The molecule has 0 saturated carbocycles. The van der Waals surface area contributed by atoms with Gasteiger partial charge in [-0.25, -0.2) is 0 Å². The molecule has 1 unspecified atom stereocenters. The van der Waals surface area contributed by atoms with Crippen LogP contribution in [0.5, 0.6) is 0 Å². The van der Waals surface area contributed by atoms with Crippen LogP contribution in [-0.4, -0.2) is 23.4 Å². The van der Waals surface area contributed by atoms with E-state index in [1.165, 1.54) is 0 Å². The number of alkyl halides is 1. The Balaban J connectivity index is 2.22. The first-order valence-corrected chi connectivity index (χ1v) is 3.26. The fourth-order valence-corrected chi connectivity index (χ4v) is 1.03. The third-order valence-electron chi connectivity index (χ3n) is 1.26. The lowest BCUT2D eigenvalue weighted by molar-refractivity contribution is -0.0840. The van der Waals surface area contributed by atoms with Crippen molar-refractivity contribution in [2.45, 2.75) is 25.2 Å². The van der Waals surface area contributed by atoms with E-state index in [4.69, 9.17) is 21.4 Å². The van der Waals surface area contributed by atoms with E-state index in [-0.39, 0.29) is 6.10 Å². The molecule has 1 fully saturated rings. The summed E-state index contributed by atoms with van der Waals surface area (Å²) in [6.07, 6.45) is 1.16. The van der Waals surface area contributed by atoms with Gasteiger partial charge in [0.1, 0.15) is 0 Å². The number of aliphatic hydroxyl groups excluding tert-OH is 1. The van der Waals surface area contributed by atoms with Crippen LogP contribution >= 0.6 is 11.6 Å². The predicted molar refractivity (Wildman–Crippen MR) is 30.8 cm³/mol. The fourth-order valence-electron chi connectivity index (χ4n) is 0.800. The van der Waals surface area contributed by atoms with Crippen molar-refractivity contribution in [2.24, 2.45) is 0 Å². The molecule has 0 aliphatic carbocycles. The number of halogens is 1. The summed E-state index contributed by atoms with van der Waals surface area (Å²) in [6.45, 7) is 0. The van der Waals surface area contributed by atoms with Crippen LogP contribution in [0.2, 0.25) is 0 Å². The van der Waals surface area contributed by atoms with E-state index < -0.39 is 6.29 Å². The lowest BCUT2D eigenvalue weighted by Crippen LogP contribution is -2.10. The Hall–Kier alpha value is 0.210. The van der Waals surface area contributed by atoms with Gasteiger partial charge in [0.15, 0.2) is 6.29 Å². The van der Waals surface area contributed by atoms with Crippen LogP contribution in [0.3, 0.4) is 0 Å². The smallest absolute Gasteiger partial charge is 0.155 e. The molecule has 0 aromatic carbocycles. The first-order chi connectivity index (χ1) is 3.83. The molecular formula is C5H9ClO2. The zero-order chi connectivity index (χ0) is 5.98. The minimum atomic E-state index is -0.557. The Morgan fingerprint density at radius 1 is 1.62 bits per heavy atom. The molecule has 8 heavy (non-hydrogen) atoms. The molecule has 0 aromatic rings. The quantitative estimate of drug-likeness (QED) is 0.539. The van der Waals surface area contributed by atoms with Crippen LogP contribution < -0.4 is 0 Å². The Kier molecular flexibility index (Phi) is 2.11. The molecule has 1 rings (SSSR count). The molecule has 0 aromatic heterocycles. The van der Waals surface area contributed by atoms with Crippen molar-refractivity contribution in [3.05, 3.63) is 0 Å². The van der Waals surface area contributed by atoms with Gasteiger partial charge in [0.05, 0.1) is 6.10 Å². The average Bonchev–Trinajstić information content (AvgIpc) is 2.14. The number of hydrogen-bond donors (Lipinski definition) is 1. The number of ether oxygens (including phenoxy) is 1. The van der Waals surface area contributed by atoms with Crippen LogP contribution in [-0.2, 0) is 4.74 Å². The van der Waals surface area contributed by atoms with Gasteiger partial charge < -0.3 is 9.84 Å². The maximum absolute atomic E-state index is 8.75. The van der Waals surface area contributed by atoms with Crippen molar-refractivity contribution in [3.8, 4) is 0 Å². The predicted octanol–water partition coefficient (Wildman–Crippen LogP) is 0.723. The molecule has 0 bridgehead atoms. The SMILES string of the molecule is O[C@H]1CCC(CCl)O1. The molecule has 0 amide bonds. The third-order valence-corrected chi connectivity index (χ3v) is 1.60. The normalized spacial score (nSPS) is 38.2. The molecule has 2 nitrogen and oxygen atoms in total. The number of rotatable bonds is 1. The summed E-state index contributed by atoms with van der Waals surface area (Å²) in [7, 11) is 0. The molecule has 3 heteroatoms. The monoisotopic (exact) mass is 136 g/mol. The Morgan fingerprint density at radius 3 is 2.62 bits per heavy atom. The van der Waals surface area contributed by atoms with Gasteiger partial charge in [-0.3, -0.25) is 0 Å². The van der Waals surface area contributed by atoms with Gasteiger partial charge >= 0.3 is 0 Å². The van der Waals surface area contributed by atoms with Gasteiger partial charge in [-0.15, -0.1) is 11.6 Å². The lowest BCUT2D eigenvalue weighted by Gasteiger charge is -2.03. The van der Waals surface area contributed by atoms with Gasteiger partial charge in [0.25, 0.3) is 0 Å². The van der Waals surface area contributed by atoms with E-state index in [9.17, 15) is 0 Å².